The van der Waals surface area contributed by atoms with Gasteiger partial charge in [0.05, 0.1) is 12.1 Å². The molecule has 0 saturated heterocycles. The highest BCUT2D eigenvalue weighted by Crippen LogP contribution is 2.36. The summed E-state index contributed by atoms with van der Waals surface area (Å²) in [6.45, 7) is 1.80. The molecule has 6 nitrogen and oxygen atoms in total. The number of anilines is 1. The number of carbonyl (C=O) groups excluding carboxylic acids is 1. The Kier molecular flexibility index (Phi) is 2.78. The number of nitrogens with one attached hydrogen (secondary N) is 1. The number of hydrogen-bond acceptors (Lipinski definition) is 3. The number of rotatable bonds is 2. The van der Waals surface area contributed by atoms with E-state index in [1.54, 1.807) is 6.92 Å². The first-order valence-electron chi connectivity index (χ1n) is 6.25. The van der Waals surface area contributed by atoms with Crippen molar-refractivity contribution in [3.05, 3.63) is 36.0 Å². The van der Waals surface area contributed by atoms with Crippen molar-refractivity contribution in [1.82, 2.24) is 9.78 Å². The van der Waals surface area contributed by atoms with Crippen LogP contribution in [-0.4, -0.2) is 26.8 Å². The second-order valence-corrected chi connectivity index (χ2v) is 4.73. The second-order valence-electron chi connectivity index (χ2n) is 4.73. The first-order chi connectivity index (χ1) is 9.58. The number of aromatic nitrogens is 2. The molecule has 102 valence electrons. The maximum Gasteiger partial charge on any atom is 0.329 e. The first-order valence-corrected chi connectivity index (χ1v) is 6.25. The van der Waals surface area contributed by atoms with Crippen LogP contribution in [0.15, 0.2) is 30.3 Å². The molecule has 1 aromatic carbocycles. The summed E-state index contributed by atoms with van der Waals surface area (Å²) < 4.78 is 1.39. The predicted molar refractivity (Wildman–Crippen MR) is 72.3 cm³/mol. The summed E-state index contributed by atoms with van der Waals surface area (Å²) in [5.41, 5.74) is 2.36. The van der Waals surface area contributed by atoms with Crippen LogP contribution in [0.4, 0.5) is 5.82 Å². The number of nitrogens with zero attached hydrogens (tertiary/aromatic N) is 2. The minimum atomic E-state index is -1.05. The van der Waals surface area contributed by atoms with Crippen LogP contribution in [0.3, 0.4) is 0 Å². The summed E-state index contributed by atoms with van der Waals surface area (Å²) in [5.74, 6) is -0.900. The fraction of sp³-hybridized carbons (Fsp3) is 0.214. The normalized spacial score (nSPS) is 17.4. The van der Waals surface area contributed by atoms with Crippen molar-refractivity contribution >= 4 is 17.7 Å². The molecule has 0 saturated carbocycles. The largest absolute Gasteiger partial charge is 0.480 e. The van der Waals surface area contributed by atoms with E-state index in [4.69, 9.17) is 0 Å². The molecule has 6 heteroatoms. The molecular weight excluding hydrogens is 258 g/mol. The van der Waals surface area contributed by atoms with E-state index in [-0.39, 0.29) is 12.3 Å². The predicted octanol–water partition coefficient (Wildman–Crippen LogP) is 1.83. The van der Waals surface area contributed by atoms with Crippen LogP contribution in [0.25, 0.3) is 11.1 Å². The van der Waals surface area contributed by atoms with Crippen molar-refractivity contribution in [2.75, 3.05) is 5.32 Å². The van der Waals surface area contributed by atoms with Crippen molar-refractivity contribution in [2.24, 2.45) is 0 Å². The molecule has 1 aliphatic heterocycles. The third-order valence-corrected chi connectivity index (χ3v) is 3.36. The summed E-state index contributed by atoms with van der Waals surface area (Å²) in [5, 5.41) is 16.2. The molecule has 0 fully saturated rings. The van der Waals surface area contributed by atoms with Gasteiger partial charge in [0.1, 0.15) is 5.82 Å². The number of carbonyl (C=O) groups is 2. The van der Waals surface area contributed by atoms with Gasteiger partial charge in [0, 0.05) is 5.56 Å². The molecular formula is C14H13N3O3. The fourth-order valence-electron chi connectivity index (χ4n) is 2.48. The highest BCUT2D eigenvalue weighted by atomic mass is 16.4. The highest BCUT2D eigenvalue weighted by Gasteiger charge is 2.34. The van der Waals surface area contributed by atoms with Gasteiger partial charge in [-0.15, -0.1) is 0 Å². The van der Waals surface area contributed by atoms with Crippen LogP contribution < -0.4 is 5.32 Å². The van der Waals surface area contributed by atoms with Gasteiger partial charge < -0.3 is 10.4 Å². The zero-order chi connectivity index (χ0) is 14.3. The van der Waals surface area contributed by atoms with Gasteiger partial charge in [-0.05, 0) is 12.5 Å². The Morgan fingerprint density at radius 1 is 1.40 bits per heavy atom. The number of fused-ring (bicyclic) bond motifs is 1. The molecule has 1 atom stereocenters. The molecule has 0 unspecified atom stereocenters. The lowest BCUT2D eigenvalue weighted by molar-refractivity contribution is -0.143. The first kappa shape index (κ1) is 12.4. The number of aryl methyl sites for hydroxylation is 1. The van der Waals surface area contributed by atoms with Crippen LogP contribution in [0.1, 0.15) is 18.2 Å². The fourth-order valence-corrected chi connectivity index (χ4v) is 2.48. The molecule has 2 aromatic rings. The smallest absolute Gasteiger partial charge is 0.329 e. The lowest BCUT2D eigenvalue weighted by atomic mass is 10.0. The van der Waals surface area contributed by atoms with Crippen LogP contribution in [0.2, 0.25) is 0 Å². The number of hydrogen-bond donors (Lipinski definition) is 2. The van der Waals surface area contributed by atoms with Crippen molar-refractivity contribution in [2.45, 2.75) is 19.4 Å². The molecule has 20 heavy (non-hydrogen) atoms. The number of aliphatic carboxylic acids is 1. The van der Waals surface area contributed by atoms with E-state index in [0.29, 0.717) is 11.5 Å². The maximum absolute atomic E-state index is 11.7. The van der Waals surface area contributed by atoms with Crippen LogP contribution >= 0.6 is 0 Å². The third-order valence-electron chi connectivity index (χ3n) is 3.36. The van der Waals surface area contributed by atoms with Crippen molar-refractivity contribution < 1.29 is 14.7 Å². The van der Waals surface area contributed by atoms with Gasteiger partial charge in [-0.3, -0.25) is 4.79 Å². The molecule has 0 bridgehead atoms. The van der Waals surface area contributed by atoms with E-state index >= 15 is 0 Å². The number of carboxylic acid groups (broad SMARTS) is 1. The van der Waals surface area contributed by atoms with Crippen molar-refractivity contribution in [3.63, 3.8) is 0 Å². The third kappa shape index (κ3) is 1.85. The molecule has 1 aliphatic rings. The van der Waals surface area contributed by atoms with Crippen LogP contribution in [0, 0.1) is 6.92 Å². The van der Waals surface area contributed by atoms with E-state index in [1.165, 1.54) is 4.68 Å². The van der Waals surface area contributed by atoms with E-state index in [1.807, 2.05) is 30.3 Å². The van der Waals surface area contributed by atoms with Gasteiger partial charge in [-0.2, -0.15) is 5.10 Å². The molecule has 1 amide bonds. The van der Waals surface area contributed by atoms with E-state index < -0.39 is 12.0 Å². The molecule has 1 aromatic heterocycles. The number of amides is 1. The summed E-state index contributed by atoms with van der Waals surface area (Å²) in [6, 6.07) is 8.53. The summed E-state index contributed by atoms with van der Waals surface area (Å²) in [7, 11) is 0. The minimum Gasteiger partial charge on any atom is -0.480 e. The van der Waals surface area contributed by atoms with Crippen molar-refractivity contribution in [3.8, 4) is 11.1 Å². The Hall–Kier alpha value is -2.63. The summed E-state index contributed by atoms with van der Waals surface area (Å²) in [4.78, 5) is 23.0. The topological polar surface area (TPSA) is 84.2 Å². The molecule has 0 spiro atoms. The monoisotopic (exact) mass is 271 g/mol. The van der Waals surface area contributed by atoms with Gasteiger partial charge >= 0.3 is 5.97 Å². The molecule has 2 heterocycles. The average Bonchev–Trinajstić information content (AvgIpc) is 2.74. The lowest BCUT2D eigenvalue weighted by Gasteiger charge is -2.22. The Labute approximate surface area is 115 Å². The summed E-state index contributed by atoms with van der Waals surface area (Å²) >= 11 is 0. The van der Waals surface area contributed by atoms with Gasteiger partial charge in [-0.25, -0.2) is 9.48 Å². The highest BCUT2D eigenvalue weighted by molar-refractivity contribution is 5.99. The van der Waals surface area contributed by atoms with Crippen molar-refractivity contribution in [1.29, 1.82) is 0 Å². The second kappa shape index (κ2) is 4.48. The standard InChI is InChI=1S/C14H13N3O3/c1-8-12(9-5-3-2-4-6-9)13-15-11(18)7-10(14(19)20)17(13)16-8/h2-6,10H,7H2,1H3,(H,15,18)(H,19,20)/t10-/m0/s1. The van der Waals surface area contributed by atoms with E-state index in [0.717, 1.165) is 11.1 Å². The van der Waals surface area contributed by atoms with Crippen LogP contribution in [0.5, 0.6) is 0 Å². The zero-order valence-electron chi connectivity index (χ0n) is 10.8. The maximum atomic E-state index is 11.7. The van der Waals surface area contributed by atoms with Gasteiger partial charge in [0.25, 0.3) is 0 Å². The minimum absolute atomic E-state index is 0.0995. The lowest BCUT2D eigenvalue weighted by Crippen LogP contribution is -2.32. The number of benzene rings is 1. The molecule has 2 N–H and O–H groups in total. The Bertz CT molecular complexity index is 691. The molecule has 0 aliphatic carbocycles. The summed E-state index contributed by atoms with van der Waals surface area (Å²) in [6.07, 6.45) is -0.0995. The molecule has 0 radical (unpaired) electrons. The zero-order valence-corrected chi connectivity index (χ0v) is 10.8. The van der Waals surface area contributed by atoms with Gasteiger partial charge in [0.2, 0.25) is 5.91 Å². The SMILES string of the molecule is Cc1nn2c(c1-c1ccccc1)NC(=O)C[C@H]2C(=O)O. The van der Waals surface area contributed by atoms with Crippen LogP contribution in [-0.2, 0) is 9.59 Å². The van der Waals surface area contributed by atoms with E-state index in [2.05, 4.69) is 10.4 Å². The van der Waals surface area contributed by atoms with Gasteiger partial charge in [0.15, 0.2) is 6.04 Å². The van der Waals surface area contributed by atoms with Gasteiger partial charge in [-0.1, -0.05) is 30.3 Å². The van der Waals surface area contributed by atoms with E-state index in [9.17, 15) is 14.7 Å². The quantitative estimate of drug-likeness (QED) is 0.872. The average molecular weight is 271 g/mol. The molecule has 3 rings (SSSR count). The Balaban J connectivity index is 2.20. The Morgan fingerprint density at radius 3 is 2.75 bits per heavy atom. The number of carboxylic acids is 1. The Morgan fingerprint density at radius 2 is 2.10 bits per heavy atom.